The fraction of sp³-hybridized carbons (Fsp3) is 0.235. The predicted octanol–water partition coefficient (Wildman–Crippen LogP) is 2.59. The molecular formula is C17H19NO3. The first-order valence-corrected chi connectivity index (χ1v) is 6.74. The van der Waals surface area contributed by atoms with Crippen LogP contribution >= 0.6 is 0 Å². The van der Waals surface area contributed by atoms with Gasteiger partial charge in [0, 0.05) is 0 Å². The largest absolute Gasteiger partial charge is 0.497 e. The standard InChI is InChI=1S/C17H19NO3/c1-20-14-10-7-12(8-11-14)6-9-13-4-3-5-15(21-2)16(13)17(18)19/h3-5,7-8,10-11H,6,9H2,1-2H3,(H2,18,19). The fourth-order valence-electron chi connectivity index (χ4n) is 2.31. The second-order valence-corrected chi connectivity index (χ2v) is 4.71. The Bertz CT molecular complexity index is 620. The van der Waals surface area contributed by atoms with E-state index in [4.69, 9.17) is 15.2 Å². The van der Waals surface area contributed by atoms with Gasteiger partial charge in [-0.15, -0.1) is 0 Å². The van der Waals surface area contributed by atoms with E-state index in [1.807, 2.05) is 36.4 Å². The van der Waals surface area contributed by atoms with E-state index in [9.17, 15) is 4.79 Å². The van der Waals surface area contributed by atoms with Gasteiger partial charge >= 0.3 is 0 Å². The van der Waals surface area contributed by atoms with E-state index >= 15 is 0 Å². The Balaban J connectivity index is 2.17. The van der Waals surface area contributed by atoms with Crippen LogP contribution < -0.4 is 15.2 Å². The first-order valence-electron chi connectivity index (χ1n) is 6.74. The van der Waals surface area contributed by atoms with Crippen molar-refractivity contribution in [3.05, 3.63) is 59.2 Å². The number of hydrogen-bond donors (Lipinski definition) is 1. The van der Waals surface area contributed by atoms with Gasteiger partial charge < -0.3 is 15.2 Å². The van der Waals surface area contributed by atoms with Crippen molar-refractivity contribution >= 4 is 5.91 Å². The van der Waals surface area contributed by atoms with Crippen LogP contribution in [0, 0.1) is 0 Å². The van der Waals surface area contributed by atoms with Crippen LogP contribution in [0.5, 0.6) is 11.5 Å². The molecule has 2 aromatic rings. The molecule has 0 aliphatic carbocycles. The van der Waals surface area contributed by atoms with E-state index in [0.29, 0.717) is 11.3 Å². The third kappa shape index (κ3) is 3.54. The molecule has 0 unspecified atom stereocenters. The molecule has 0 aliphatic heterocycles. The lowest BCUT2D eigenvalue weighted by Crippen LogP contribution is -2.15. The Labute approximate surface area is 124 Å². The number of amides is 1. The summed E-state index contributed by atoms with van der Waals surface area (Å²) in [6.45, 7) is 0. The lowest BCUT2D eigenvalue weighted by Gasteiger charge is -2.11. The topological polar surface area (TPSA) is 61.6 Å². The molecule has 21 heavy (non-hydrogen) atoms. The van der Waals surface area contributed by atoms with Gasteiger partial charge in [0.2, 0.25) is 0 Å². The molecule has 0 atom stereocenters. The van der Waals surface area contributed by atoms with Crippen molar-refractivity contribution in [1.29, 1.82) is 0 Å². The molecule has 2 N–H and O–H groups in total. The van der Waals surface area contributed by atoms with Gasteiger partial charge in [0.25, 0.3) is 5.91 Å². The minimum atomic E-state index is -0.461. The monoisotopic (exact) mass is 285 g/mol. The zero-order valence-electron chi connectivity index (χ0n) is 12.3. The van der Waals surface area contributed by atoms with Crippen molar-refractivity contribution in [1.82, 2.24) is 0 Å². The number of aryl methyl sites for hydroxylation is 2. The molecule has 2 rings (SSSR count). The number of ether oxygens (including phenoxy) is 2. The van der Waals surface area contributed by atoms with Crippen molar-refractivity contribution in [3.63, 3.8) is 0 Å². The van der Waals surface area contributed by atoms with Crippen molar-refractivity contribution in [2.24, 2.45) is 5.73 Å². The average molecular weight is 285 g/mol. The summed E-state index contributed by atoms with van der Waals surface area (Å²) >= 11 is 0. The van der Waals surface area contributed by atoms with Crippen LogP contribution in [-0.2, 0) is 12.8 Å². The Hall–Kier alpha value is -2.49. The first-order chi connectivity index (χ1) is 10.2. The number of benzene rings is 2. The summed E-state index contributed by atoms with van der Waals surface area (Å²) in [6, 6.07) is 13.4. The number of nitrogens with two attached hydrogens (primary N) is 1. The van der Waals surface area contributed by atoms with E-state index in [1.165, 1.54) is 12.7 Å². The van der Waals surface area contributed by atoms with Crippen molar-refractivity contribution in [2.45, 2.75) is 12.8 Å². The summed E-state index contributed by atoms with van der Waals surface area (Å²) in [7, 11) is 3.18. The van der Waals surface area contributed by atoms with E-state index in [0.717, 1.165) is 24.2 Å². The van der Waals surface area contributed by atoms with Crippen LogP contribution in [-0.4, -0.2) is 20.1 Å². The first kappa shape index (κ1) is 14.9. The Morgan fingerprint density at radius 2 is 1.71 bits per heavy atom. The normalized spacial score (nSPS) is 10.2. The summed E-state index contributed by atoms with van der Waals surface area (Å²) in [5.41, 5.74) is 8.00. The highest BCUT2D eigenvalue weighted by Gasteiger charge is 2.14. The van der Waals surface area contributed by atoms with Gasteiger partial charge in [-0.25, -0.2) is 0 Å². The predicted molar refractivity (Wildman–Crippen MR) is 81.9 cm³/mol. The van der Waals surface area contributed by atoms with Gasteiger partial charge in [0.05, 0.1) is 19.8 Å². The highest BCUT2D eigenvalue weighted by molar-refractivity contribution is 5.97. The molecule has 0 bridgehead atoms. The minimum absolute atomic E-state index is 0.461. The summed E-state index contributed by atoms with van der Waals surface area (Å²) in [4.78, 5) is 11.6. The third-order valence-electron chi connectivity index (χ3n) is 3.42. The smallest absolute Gasteiger partial charge is 0.252 e. The van der Waals surface area contributed by atoms with Crippen molar-refractivity contribution < 1.29 is 14.3 Å². The molecule has 4 heteroatoms. The maximum atomic E-state index is 11.6. The highest BCUT2D eigenvalue weighted by Crippen LogP contribution is 2.23. The fourth-order valence-corrected chi connectivity index (χ4v) is 2.31. The van der Waals surface area contributed by atoms with Crippen LogP contribution in [0.2, 0.25) is 0 Å². The molecule has 0 heterocycles. The second kappa shape index (κ2) is 6.79. The van der Waals surface area contributed by atoms with Crippen molar-refractivity contribution in [2.75, 3.05) is 14.2 Å². The van der Waals surface area contributed by atoms with Crippen LogP contribution in [0.1, 0.15) is 21.5 Å². The lowest BCUT2D eigenvalue weighted by atomic mass is 9.98. The Morgan fingerprint density at radius 3 is 2.29 bits per heavy atom. The van der Waals surface area contributed by atoms with Crippen LogP contribution in [0.15, 0.2) is 42.5 Å². The molecular weight excluding hydrogens is 266 g/mol. The van der Waals surface area contributed by atoms with E-state index in [1.54, 1.807) is 13.2 Å². The molecule has 0 aromatic heterocycles. The number of carbonyl (C=O) groups excluding carboxylic acids is 1. The number of carbonyl (C=O) groups is 1. The number of methoxy groups -OCH3 is 2. The molecule has 0 saturated carbocycles. The Kier molecular flexibility index (Phi) is 4.82. The van der Waals surface area contributed by atoms with Gasteiger partial charge in [-0.05, 0) is 42.2 Å². The van der Waals surface area contributed by atoms with Crippen LogP contribution in [0.4, 0.5) is 0 Å². The molecule has 0 radical (unpaired) electrons. The molecule has 0 saturated heterocycles. The maximum absolute atomic E-state index is 11.6. The second-order valence-electron chi connectivity index (χ2n) is 4.71. The van der Waals surface area contributed by atoms with Gasteiger partial charge in [-0.1, -0.05) is 24.3 Å². The number of hydrogen-bond acceptors (Lipinski definition) is 3. The highest BCUT2D eigenvalue weighted by atomic mass is 16.5. The average Bonchev–Trinajstić information content (AvgIpc) is 2.52. The van der Waals surface area contributed by atoms with E-state index in [-0.39, 0.29) is 0 Å². The molecule has 4 nitrogen and oxygen atoms in total. The van der Waals surface area contributed by atoms with E-state index < -0.39 is 5.91 Å². The molecule has 2 aromatic carbocycles. The van der Waals surface area contributed by atoms with Gasteiger partial charge in [-0.2, -0.15) is 0 Å². The van der Waals surface area contributed by atoms with Gasteiger partial charge in [0.1, 0.15) is 11.5 Å². The third-order valence-corrected chi connectivity index (χ3v) is 3.42. The zero-order chi connectivity index (χ0) is 15.2. The van der Waals surface area contributed by atoms with Crippen LogP contribution in [0.25, 0.3) is 0 Å². The summed E-state index contributed by atoms with van der Waals surface area (Å²) in [5, 5.41) is 0. The molecule has 1 amide bonds. The summed E-state index contributed by atoms with van der Waals surface area (Å²) < 4.78 is 10.3. The van der Waals surface area contributed by atoms with Crippen molar-refractivity contribution in [3.8, 4) is 11.5 Å². The lowest BCUT2D eigenvalue weighted by molar-refractivity contribution is 0.0996. The van der Waals surface area contributed by atoms with Gasteiger partial charge in [0.15, 0.2) is 0 Å². The SMILES string of the molecule is COc1ccc(CCc2cccc(OC)c2C(N)=O)cc1. The maximum Gasteiger partial charge on any atom is 0.252 e. The van der Waals surface area contributed by atoms with Crippen LogP contribution in [0.3, 0.4) is 0 Å². The number of rotatable bonds is 6. The summed E-state index contributed by atoms with van der Waals surface area (Å²) in [5.74, 6) is 0.893. The summed E-state index contributed by atoms with van der Waals surface area (Å²) in [6.07, 6.45) is 1.54. The molecule has 0 aliphatic rings. The quantitative estimate of drug-likeness (QED) is 0.887. The minimum Gasteiger partial charge on any atom is -0.497 e. The Morgan fingerprint density at radius 1 is 1.00 bits per heavy atom. The van der Waals surface area contributed by atoms with E-state index in [2.05, 4.69) is 0 Å². The molecule has 0 fully saturated rings. The number of primary amides is 1. The molecule has 0 spiro atoms. The zero-order valence-corrected chi connectivity index (χ0v) is 12.3. The molecule has 110 valence electrons. The van der Waals surface area contributed by atoms with Gasteiger partial charge in [-0.3, -0.25) is 4.79 Å².